The summed E-state index contributed by atoms with van der Waals surface area (Å²) in [6.07, 6.45) is 3.93. The van der Waals surface area contributed by atoms with E-state index in [1.54, 1.807) is 11.3 Å². The van der Waals surface area contributed by atoms with Gasteiger partial charge in [-0.1, -0.05) is 19.9 Å². The zero-order chi connectivity index (χ0) is 19.7. The Bertz CT molecular complexity index is 842. The molecule has 0 aliphatic carbocycles. The van der Waals surface area contributed by atoms with E-state index in [-0.39, 0.29) is 11.3 Å². The lowest BCUT2D eigenvalue weighted by Crippen LogP contribution is -2.49. The average molecular weight is 400 g/mol. The van der Waals surface area contributed by atoms with Crippen molar-refractivity contribution < 1.29 is 9.53 Å². The van der Waals surface area contributed by atoms with E-state index in [1.165, 1.54) is 16.0 Å². The van der Waals surface area contributed by atoms with Crippen LogP contribution in [-0.4, -0.2) is 54.0 Å². The van der Waals surface area contributed by atoms with Crippen LogP contribution in [0.4, 0.5) is 0 Å². The standard InChI is InChI=1S/C22H29N3O2S/c1-4-16-5-6-17(23-9-16)10-25-8-7-18-19(12-28-20(18)11-25)21(26)24(3)13-22(2)14-27-15-22/h5-6,9,12H,4,7-8,10-11,13-15H2,1-3H3. The number of fused-ring (bicyclic) bond motifs is 1. The fraction of sp³-hybridized carbons (Fsp3) is 0.545. The molecule has 0 spiro atoms. The topological polar surface area (TPSA) is 45.7 Å². The molecule has 4 heterocycles. The summed E-state index contributed by atoms with van der Waals surface area (Å²) in [7, 11) is 1.91. The van der Waals surface area contributed by atoms with Crippen LogP contribution < -0.4 is 0 Å². The molecule has 2 aliphatic rings. The smallest absolute Gasteiger partial charge is 0.254 e. The summed E-state index contributed by atoms with van der Waals surface area (Å²) in [5.74, 6) is 0.149. The zero-order valence-electron chi connectivity index (χ0n) is 17.0. The Morgan fingerprint density at radius 2 is 2.21 bits per heavy atom. The molecule has 0 bridgehead atoms. The molecular weight excluding hydrogens is 370 g/mol. The summed E-state index contributed by atoms with van der Waals surface area (Å²) in [4.78, 5) is 23.2. The monoisotopic (exact) mass is 399 g/mol. The fourth-order valence-electron chi connectivity index (χ4n) is 4.07. The van der Waals surface area contributed by atoms with Gasteiger partial charge in [0.2, 0.25) is 0 Å². The SMILES string of the molecule is CCc1ccc(CN2CCc3c(C(=O)N(C)CC4(C)COC4)csc3C2)nc1. The number of ether oxygens (including phenoxy) is 1. The van der Waals surface area contributed by atoms with Crippen LogP contribution in [0, 0.1) is 5.41 Å². The second-order valence-electron chi connectivity index (χ2n) is 8.49. The highest BCUT2D eigenvalue weighted by Crippen LogP contribution is 2.32. The highest BCUT2D eigenvalue weighted by molar-refractivity contribution is 7.10. The molecule has 0 radical (unpaired) electrons. The Hall–Kier alpha value is -1.76. The van der Waals surface area contributed by atoms with Gasteiger partial charge >= 0.3 is 0 Å². The van der Waals surface area contributed by atoms with E-state index in [9.17, 15) is 4.79 Å². The van der Waals surface area contributed by atoms with Crippen LogP contribution in [0.3, 0.4) is 0 Å². The first-order valence-corrected chi connectivity index (χ1v) is 10.9. The molecule has 0 saturated carbocycles. The minimum atomic E-state index is 0.109. The van der Waals surface area contributed by atoms with Crippen molar-refractivity contribution >= 4 is 17.2 Å². The maximum absolute atomic E-state index is 13.0. The van der Waals surface area contributed by atoms with E-state index in [0.29, 0.717) is 0 Å². The maximum Gasteiger partial charge on any atom is 0.254 e. The summed E-state index contributed by atoms with van der Waals surface area (Å²) < 4.78 is 5.33. The first kappa shape index (κ1) is 19.6. The normalized spacial score (nSPS) is 18.4. The third-order valence-electron chi connectivity index (χ3n) is 5.80. The van der Waals surface area contributed by atoms with Crippen LogP contribution in [0.25, 0.3) is 0 Å². The van der Waals surface area contributed by atoms with Crippen molar-refractivity contribution in [2.75, 3.05) is 33.4 Å². The minimum absolute atomic E-state index is 0.109. The highest BCUT2D eigenvalue weighted by Gasteiger charge is 2.36. The van der Waals surface area contributed by atoms with Crippen molar-refractivity contribution in [1.82, 2.24) is 14.8 Å². The summed E-state index contributed by atoms with van der Waals surface area (Å²) in [6.45, 7) is 9.31. The summed E-state index contributed by atoms with van der Waals surface area (Å²) in [6, 6.07) is 4.31. The van der Waals surface area contributed by atoms with Gasteiger partial charge in [0.15, 0.2) is 0 Å². The molecule has 1 amide bonds. The molecular formula is C22H29N3O2S. The first-order valence-electron chi connectivity index (χ1n) is 10.1. The lowest BCUT2D eigenvalue weighted by atomic mass is 9.88. The lowest BCUT2D eigenvalue weighted by molar-refractivity contribution is -0.109. The molecule has 1 saturated heterocycles. The van der Waals surface area contributed by atoms with Crippen molar-refractivity contribution in [3.63, 3.8) is 0 Å². The first-order chi connectivity index (χ1) is 13.5. The van der Waals surface area contributed by atoms with Crippen molar-refractivity contribution in [2.24, 2.45) is 5.41 Å². The number of thiophene rings is 1. The number of hydrogen-bond donors (Lipinski definition) is 0. The van der Waals surface area contributed by atoms with Crippen molar-refractivity contribution in [3.8, 4) is 0 Å². The fourth-order valence-corrected chi connectivity index (χ4v) is 5.19. The van der Waals surface area contributed by atoms with Crippen LogP contribution in [0.5, 0.6) is 0 Å². The molecule has 2 aromatic heterocycles. The number of carbonyl (C=O) groups is 1. The van der Waals surface area contributed by atoms with Crippen LogP contribution in [0.15, 0.2) is 23.7 Å². The minimum Gasteiger partial charge on any atom is -0.380 e. The molecule has 0 aromatic carbocycles. The van der Waals surface area contributed by atoms with Gasteiger partial charge in [-0.2, -0.15) is 0 Å². The molecule has 2 aliphatic heterocycles. The number of carbonyl (C=O) groups excluding carboxylic acids is 1. The van der Waals surface area contributed by atoms with E-state index >= 15 is 0 Å². The molecule has 0 unspecified atom stereocenters. The molecule has 0 atom stereocenters. The van der Waals surface area contributed by atoms with Crippen LogP contribution >= 0.6 is 11.3 Å². The number of aromatic nitrogens is 1. The summed E-state index contributed by atoms with van der Waals surface area (Å²) in [5, 5.41) is 2.06. The second kappa shape index (κ2) is 7.93. The number of rotatable bonds is 6. The second-order valence-corrected chi connectivity index (χ2v) is 9.45. The zero-order valence-corrected chi connectivity index (χ0v) is 17.8. The predicted molar refractivity (Wildman–Crippen MR) is 112 cm³/mol. The Kier molecular flexibility index (Phi) is 5.54. The van der Waals surface area contributed by atoms with Crippen molar-refractivity contribution in [2.45, 2.75) is 39.8 Å². The van der Waals surface area contributed by atoms with Gasteiger partial charge in [-0.15, -0.1) is 11.3 Å². The van der Waals surface area contributed by atoms with Crippen LogP contribution in [-0.2, 0) is 30.7 Å². The van der Waals surface area contributed by atoms with Crippen molar-refractivity contribution in [3.05, 3.63) is 51.0 Å². The van der Waals surface area contributed by atoms with Crippen LogP contribution in [0.2, 0.25) is 0 Å². The van der Waals surface area contributed by atoms with Gasteiger partial charge in [-0.05, 0) is 30.0 Å². The molecule has 1 fully saturated rings. The Balaban J connectivity index is 1.40. The highest BCUT2D eigenvalue weighted by atomic mass is 32.1. The average Bonchev–Trinajstić information content (AvgIpc) is 3.10. The lowest BCUT2D eigenvalue weighted by Gasteiger charge is -2.40. The van der Waals surface area contributed by atoms with E-state index in [2.05, 4.69) is 41.2 Å². The van der Waals surface area contributed by atoms with Gasteiger partial charge in [0.1, 0.15) is 0 Å². The van der Waals surface area contributed by atoms with Gasteiger partial charge in [-0.3, -0.25) is 14.7 Å². The van der Waals surface area contributed by atoms with Gasteiger partial charge in [0, 0.05) is 55.1 Å². The Labute approximate surface area is 171 Å². The third-order valence-corrected chi connectivity index (χ3v) is 6.82. The van der Waals surface area contributed by atoms with Gasteiger partial charge < -0.3 is 9.64 Å². The molecule has 0 N–H and O–H groups in total. The number of amides is 1. The van der Waals surface area contributed by atoms with Gasteiger partial charge in [0.05, 0.1) is 24.5 Å². The third kappa shape index (κ3) is 4.00. The van der Waals surface area contributed by atoms with Gasteiger partial charge in [0.25, 0.3) is 5.91 Å². The number of aryl methyl sites for hydroxylation is 1. The van der Waals surface area contributed by atoms with Crippen LogP contribution in [0.1, 0.15) is 45.9 Å². The Morgan fingerprint density at radius 3 is 2.86 bits per heavy atom. The molecule has 6 heteroatoms. The van der Waals surface area contributed by atoms with E-state index in [1.807, 2.05) is 18.1 Å². The van der Waals surface area contributed by atoms with E-state index in [4.69, 9.17) is 4.74 Å². The number of nitrogens with zero attached hydrogens (tertiary/aromatic N) is 3. The largest absolute Gasteiger partial charge is 0.380 e. The van der Waals surface area contributed by atoms with Gasteiger partial charge in [-0.25, -0.2) is 0 Å². The van der Waals surface area contributed by atoms with Crippen molar-refractivity contribution in [1.29, 1.82) is 0 Å². The molecule has 4 rings (SSSR count). The predicted octanol–water partition coefficient (Wildman–Crippen LogP) is 3.37. The summed E-state index contributed by atoms with van der Waals surface area (Å²) >= 11 is 1.72. The maximum atomic E-state index is 13.0. The quantitative estimate of drug-likeness (QED) is 0.747. The molecule has 2 aromatic rings. The number of pyridine rings is 1. The molecule has 28 heavy (non-hydrogen) atoms. The molecule has 150 valence electrons. The number of hydrogen-bond acceptors (Lipinski definition) is 5. The Morgan fingerprint density at radius 1 is 1.39 bits per heavy atom. The van der Waals surface area contributed by atoms with E-state index in [0.717, 1.165) is 63.5 Å². The van der Waals surface area contributed by atoms with E-state index < -0.39 is 0 Å². The molecule has 5 nitrogen and oxygen atoms in total. The summed E-state index contributed by atoms with van der Waals surface area (Å²) in [5.41, 5.74) is 4.65.